The van der Waals surface area contributed by atoms with Gasteiger partial charge in [0, 0.05) is 6.04 Å². The van der Waals surface area contributed by atoms with E-state index < -0.39 is 15.8 Å². The molecule has 0 amide bonds. The first-order chi connectivity index (χ1) is 9.38. The van der Waals surface area contributed by atoms with Crippen LogP contribution in [0.1, 0.15) is 12.5 Å². The molecule has 1 unspecified atom stereocenters. The fourth-order valence-electron chi connectivity index (χ4n) is 1.78. The highest BCUT2D eigenvalue weighted by molar-refractivity contribution is 7.89. The Kier molecular flexibility index (Phi) is 4.47. The second kappa shape index (κ2) is 5.95. The van der Waals surface area contributed by atoms with E-state index >= 15 is 0 Å². The number of nitrogens with one attached hydrogen (secondary N) is 1. The minimum Gasteiger partial charge on any atom is -0.472 e. The third-order valence-corrected chi connectivity index (χ3v) is 4.56. The van der Waals surface area contributed by atoms with Crippen LogP contribution in [0.4, 0.5) is 4.39 Å². The third-order valence-electron chi connectivity index (χ3n) is 2.68. The molecule has 0 saturated carbocycles. The van der Waals surface area contributed by atoms with Gasteiger partial charge in [-0.25, -0.2) is 17.5 Å². The second-order valence-corrected chi connectivity index (χ2v) is 6.56. The van der Waals surface area contributed by atoms with Crippen LogP contribution in [0.25, 0.3) is 0 Å². The first-order valence-electron chi connectivity index (χ1n) is 5.87. The van der Waals surface area contributed by atoms with Crippen LogP contribution in [-0.4, -0.2) is 14.5 Å². The molecule has 2 aromatic rings. The average Bonchev–Trinajstić information content (AvgIpc) is 2.84. The van der Waals surface area contributed by atoms with Gasteiger partial charge in [-0.15, -0.1) is 0 Å². The van der Waals surface area contributed by atoms with Gasteiger partial charge in [0.1, 0.15) is 5.82 Å². The largest absolute Gasteiger partial charge is 0.472 e. The van der Waals surface area contributed by atoms with E-state index in [1.807, 2.05) is 0 Å². The molecule has 1 N–H and O–H groups in total. The van der Waals surface area contributed by atoms with E-state index in [0.29, 0.717) is 6.42 Å². The zero-order chi connectivity index (χ0) is 14.8. The molecule has 1 atom stereocenters. The van der Waals surface area contributed by atoms with Crippen molar-refractivity contribution in [1.82, 2.24) is 4.72 Å². The normalized spacial score (nSPS) is 13.3. The zero-order valence-corrected chi connectivity index (χ0v) is 12.2. The molecule has 108 valence electrons. The maximum atomic E-state index is 13.0. The van der Waals surface area contributed by atoms with E-state index in [1.54, 1.807) is 19.3 Å². The summed E-state index contributed by atoms with van der Waals surface area (Å²) in [6.07, 6.45) is 3.57. The maximum Gasteiger partial charge on any atom is 0.240 e. The fourth-order valence-corrected chi connectivity index (χ4v) is 3.30. The molecule has 0 aliphatic heterocycles. The van der Waals surface area contributed by atoms with Crippen LogP contribution >= 0.6 is 11.6 Å². The van der Waals surface area contributed by atoms with Gasteiger partial charge < -0.3 is 4.42 Å². The molecular weight excluding hydrogens is 305 g/mol. The van der Waals surface area contributed by atoms with E-state index in [9.17, 15) is 12.8 Å². The lowest BCUT2D eigenvalue weighted by atomic mass is 10.1. The molecule has 0 bridgehead atoms. The Morgan fingerprint density at radius 2 is 2.15 bits per heavy atom. The monoisotopic (exact) mass is 317 g/mol. The molecule has 0 aliphatic rings. The Labute approximate surface area is 121 Å². The molecule has 0 spiro atoms. The van der Waals surface area contributed by atoms with Crippen molar-refractivity contribution in [3.63, 3.8) is 0 Å². The number of hydrogen-bond donors (Lipinski definition) is 1. The summed E-state index contributed by atoms with van der Waals surface area (Å²) in [5.74, 6) is -0.655. The minimum absolute atomic E-state index is 0.0667. The van der Waals surface area contributed by atoms with Crippen LogP contribution in [0, 0.1) is 5.82 Å². The standard InChI is InChI=1S/C13H13ClFNO3S/c1-9(6-10-4-5-19-8-10)16-20(17,18)11-2-3-13(15)12(14)7-11/h2-5,7-9,16H,6H2,1H3. The highest BCUT2D eigenvalue weighted by Crippen LogP contribution is 2.19. The van der Waals surface area contributed by atoms with Gasteiger partial charge in [-0.3, -0.25) is 0 Å². The van der Waals surface area contributed by atoms with Crippen molar-refractivity contribution in [2.45, 2.75) is 24.3 Å². The number of sulfonamides is 1. The summed E-state index contributed by atoms with van der Waals surface area (Å²) in [5.41, 5.74) is 0.886. The predicted octanol–water partition coefficient (Wildman–Crippen LogP) is 2.98. The van der Waals surface area contributed by atoms with Crippen molar-refractivity contribution in [3.8, 4) is 0 Å². The lowest BCUT2D eigenvalue weighted by Crippen LogP contribution is -2.34. The smallest absolute Gasteiger partial charge is 0.240 e. The lowest BCUT2D eigenvalue weighted by molar-refractivity contribution is 0.549. The van der Waals surface area contributed by atoms with Gasteiger partial charge in [-0.2, -0.15) is 0 Å². The molecule has 0 radical (unpaired) electrons. The average molecular weight is 318 g/mol. The molecule has 0 saturated heterocycles. The van der Waals surface area contributed by atoms with Crippen LogP contribution in [0.2, 0.25) is 5.02 Å². The number of halogens is 2. The molecule has 0 aliphatic carbocycles. The molecule has 2 rings (SSSR count). The second-order valence-electron chi connectivity index (χ2n) is 4.43. The SMILES string of the molecule is CC(Cc1ccoc1)NS(=O)(=O)c1ccc(F)c(Cl)c1. The van der Waals surface area contributed by atoms with Gasteiger partial charge in [0.15, 0.2) is 0 Å². The highest BCUT2D eigenvalue weighted by Gasteiger charge is 2.19. The quantitative estimate of drug-likeness (QED) is 0.922. The van der Waals surface area contributed by atoms with Gasteiger partial charge in [0.2, 0.25) is 10.0 Å². The van der Waals surface area contributed by atoms with Crippen LogP contribution in [0.15, 0.2) is 46.1 Å². The van der Waals surface area contributed by atoms with E-state index in [2.05, 4.69) is 4.72 Å². The van der Waals surface area contributed by atoms with Crippen LogP contribution < -0.4 is 4.72 Å². The van der Waals surface area contributed by atoms with E-state index in [1.165, 1.54) is 12.3 Å². The summed E-state index contributed by atoms with van der Waals surface area (Å²) < 4.78 is 44.7. The third kappa shape index (κ3) is 3.59. The molecule has 7 heteroatoms. The van der Waals surface area contributed by atoms with Crippen LogP contribution in [0.5, 0.6) is 0 Å². The Balaban J connectivity index is 2.12. The summed E-state index contributed by atoms with van der Waals surface area (Å²) in [6, 6.07) is 4.72. The number of hydrogen-bond acceptors (Lipinski definition) is 3. The van der Waals surface area contributed by atoms with E-state index in [-0.39, 0.29) is 16.0 Å². The summed E-state index contributed by atoms with van der Waals surface area (Å²) in [6.45, 7) is 1.73. The molecule has 0 fully saturated rings. The minimum atomic E-state index is -3.73. The van der Waals surface area contributed by atoms with Crippen molar-refractivity contribution < 1.29 is 17.2 Å². The van der Waals surface area contributed by atoms with Gasteiger partial charge in [-0.1, -0.05) is 11.6 Å². The predicted molar refractivity (Wildman–Crippen MR) is 73.6 cm³/mol. The summed E-state index contributed by atoms with van der Waals surface area (Å²) in [7, 11) is -3.73. The summed E-state index contributed by atoms with van der Waals surface area (Å²) in [4.78, 5) is -0.0667. The topological polar surface area (TPSA) is 59.3 Å². The molecular formula is C13H13ClFNO3S. The van der Waals surface area contributed by atoms with E-state index in [4.69, 9.17) is 16.0 Å². The van der Waals surface area contributed by atoms with Crippen LogP contribution in [0.3, 0.4) is 0 Å². The molecule has 4 nitrogen and oxygen atoms in total. The van der Waals surface area contributed by atoms with E-state index in [0.717, 1.165) is 17.7 Å². The highest BCUT2D eigenvalue weighted by atomic mass is 35.5. The Morgan fingerprint density at radius 3 is 2.75 bits per heavy atom. The number of benzene rings is 1. The molecule has 20 heavy (non-hydrogen) atoms. The number of rotatable bonds is 5. The van der Waals surface area contributed by atoms with Crippen molar-refractivity contribution >= 4 is 21.6 Å². The molecule has 1 aromatic heterocycles. The van der Waals surface area contributed by atoms with Crippen molar-refractivity contribution in [1.29, 1.82) is 0 Å². The fraction of sp³-hybridized carbons (Fsp3) is 0.231. The van der Waals surface area contributed by atoms with Crippen molar-refractivity contribution in [2.24, 2.45) is 0 Å². The Hall–Kier alpha value is -1.37. The Bertz CT molecular complexity index is 686. The van der Waals surface area contributed by atoms with Crippen LogP contribution in [-0.2, 0) is 16.4 Å². The molecule has 1 aromatic carbocycles. The summed E-state index contributed by atoms with van der Waals surface area (Å²) >= 11 is 5.59. The molecule has 1 heterocycles. The summed E-state index contributed by atoms with van der Waals surface area (Å²) in [5, 5.41) is -0.227. The van der Waals surface area contributed by atoms with Gasteiger partial charge >= 0.3 is 0 Å². The van der Waals surface area contributed by atoms with Gasteiger partial charge in [0.05, 0.1) is 22.4 Å². The maximum absolute atomic E-state index is 13.0. The van der Waals surface area contributed by atoms with Crippen molar-refractivity contribution in [3.05, 3.63) is 53.2 Å². The Morgan fingerprint density at radius 1 is 1.40 bits per heavy atom. The first-order valence-corrected chi connectivity index (χ1v) is 7.73. The number of furan rings is 1. The lowest BCUT2D eigenvalue weighted by Gasteiger charge is -2.13. The van der Waals surface area contributed by atoms with Crippen molar-refractivity contribution in [2.75, 3.05) is 0 Å². The van der Waals surface area contributed by atoms with Gasteiger partial charge in [0.25, 0.3) is 0 Å². The van der Waals surface area contributed by atoms with Gasteiger partial charge in [-0.05, 0) is 43.2 Å². The zero-order valence-electron chi connectivity index (χ0n) is 10.6. The first kappa shape index (κ1) is 15.0.